The van der Waals surface area contributed by atoms with Crippen LogP contribution >= 0.6 is 0 Å². The smallest absolute Gasteiger partial charge is 0.207 e. The van der Waals surface area contributed by atoms with E-state index in [9.17, 15) is 9.70 Å². The number of nitrogens with one attached hydrogen (secondary N) is 1. The van der Waals surface area contributed by atoms with Crippen LogP contribution in [0, 0.1) is 4.91 Å². The first-order chi connectivity index (χ1) is 5.24. The van der Waals surface area contributed by atoms with Crippen molar-refractivity contribution in [3.8, 4) is 0 Å². The van der Waals surface area contributed by atoms with Crippen LogP contribution < -0.4 is 5.32 Å². The molecule has 0 atom stereocenters. The fourth-order valence-corrected chi connectivity index (χ4v) is 0.535. The summed E-state index contributed by atoms with van der Waals surface area (Å²) in [5.41, 5.74) is -1.30. The molecular weight excluding hydrogens is 152 g/mol. The third kappa shape index (κ3) is 2.60. The highest BCUT2D eigenvalue weighted by Gasteiger charge is 2.28. The largest absolute Gasteiger partial charge is 0.394 e. The molecule has 11 heavy (non-hydrogen) atoms. The lowest BCUT2D eigenvalue weighted by Crippen LogP contribution is -2.53. The fraction of sp³-hybridized carbons (Fsp3) is 0.800. The van der Waals surface area contributed by atoms with Gasteiger partial charge in [-0.25, -0.2) is 0 Å². The highest BCUT2D eigenvalue weighted by molar-refractivity contribution is 5.48. The molecule has 0 aromatic rings. The Labute approximate surface area is 63.2 Å². The van der Waals surface area contributed by atoms with Crippen molar-refractivity contribution in [2.45, 2.75) is 5.54 Å². The van der Waals surface area contributed by atoms with Crippen LogP contribution in [0.2, 0.25) is 0 Å². The third-order valence-electron chi connectivity index (χ3n) is 1.34. The van der Waals surface area contributed by atoms with Crippen molar-refractivity contribution in [2.24, 2.45) is 5.18 Å². The van der Waals surface area contributed by atoms with E-state index in [2.05, 4.69) is 10.5 Å². The van der Waals surface area contributed by atoms with Gasteiger partial charge in [0.2, 0.25) is 6.41 Å². The van der Waals surface area contributed by atoms with Gasteiger partial charge in [-0.05, 0) is 0 Å². The first kappa shape index (κ1) is 9.99. The second-order valence-electron chi connectivity index (χ2n) is 2.15. The first-order valence-electron chi connectivity index (χ1n) is 2.97. The lowest BCUT2D eigenvalue weighted by atomic mass is 10.0. The van der Waals surface area contributed by atoms with Crippen molar-refractivity contribution in [1.82, 2.24) is 5.32 Å². The van der Waals surface area contributed by atoms with Crippen LogP contribution in [0.5, 0.6) is 0 Å². The van der Waals surface area contributed by atoms with Gasteiger partial charge in [0.05, 0.1) is 13.2 Å². The molecule has 0 aliphatic heterocycles. The number of carbonyl (C=O) groups excluding carboxylic acids is 1. The van der Waals surface area contributed by atoms with Gasteiger partial charge in [-0.2, -0.15) is 4.91 Å². The Balaban J connectivity index is 4.17. The number of aliphatic hydroxyl groups excluding tert-OH is 2. The van der Waals surface area contributed by atoms with Crippen LogP contribution in [-0.4, -0.2) is 41.9 Å². The zero-order valence-electron chi connectivity index (χ0n) is 5.86. The van der Waals surface area contributed by atoms with E-state index in [1.54, 1.807) is 0 Å². The fourth-order valence-electron chi connectivity index (χ4n) is 0.535. The van der Waals surface area contributed by atoms with Crippen molar-refractivity contribution < 1.29 is 15.0 Å². The van der Waals surface area contributed by atoms with E-state index in [0.29, 0.717) is 6.41 Å². The summed E-state index contributed by atoms with van der Waals surface area (Å²) in [7, 11) is 0. The molecule has 64 valence electrons. The van der Waals surface area contributed by atoms with E-state index in [-0.39, 0.29) is 6.54 Å². The van der Waals surface area contributed by atoms with Gasteiger partial charge in [0.15, 0.2) is 0 Å². The van der Waals surface area contributed by atoms with Gasteiger partial charge in [-0.3, -0.25) is 4.79 Å². The van der Waals surface area contributed by atoms with Gasteiger partial charge in [-0.15, -0.1) is 0 Å². The Hall–Kier alpha value is -1.01. The molecule has 0 heterocycles. The summed E-state index contributed by atoms with van der Waals surface area (Å²) in [6.45, 7) is -1.39. The van der Waals surface area contributed by atoms with E-state index < -0.39 is 18.8 Å². The number of carbonyl (C=O) groups is 1. The molecule has 0 rings (SSSR count). The molecule has 0 aliphatic rings. The molecule has 0 radical (unpaired) electrons. The van der Waals surface area contributed by atoms with Crippen LogP contribution in [0.3, 0.4) is 0 Å². The Morgan fingerprint density at radius 2 is 2.00 bits per heavy atom. The highest BCUT2D eigenvalue weighted by atomic mass is 16.3. The Morgan fingerprint density at radius 1 is 1.45 bits per heavy atom. The van der Waals surface area contributed by atoms with Crippen molar-refractivity contribution in [3.05, 3.63) is 4.91 Å². The molecule has 1 amide bonds. The number of nitroso groups, excluding NO2 is 1. The Morgan fingerprint density at radius 3 is 2.27 bits per heavy atom. The maximum atomic E-state index is 9.94. The summed E-state index contributed by atoms with van der Waals surface area (Å²) in [6, 6.07) is 0. The Kier molecular flexibility index (Phi) is 4.32. The Bertz CT molecular complexity index is 122. The minimum atomic E-state index is -1.30. The number of amides is 1. The van der Waals surface area contributed by atoms with Crippen molar-refractivity contribution in [1.29, 1.82) is 0 Å². The SMILES string of the molecule is O=CNC(CO)(CO)CN=O. The van der Waals surface area contributed by atoms with Gasteiger partial charge in [0, 0.05) is 0 Å². The van der Waals surface area contributed by atoms with Gasteiger partial charge in [-0.1, -0.05) is 5.18 Å². The zero-order valence-corrected chi connectivity index (χ0v) is 5.86. The molecule has 6 nitrogen and oxygen atoms in total. The van der Waals surface area contributed by atoms with E-state index in [0.717, 1.165) is 0 Å². The van der Waals surface area contributed by atoms with Crippen LogP contribution in [0.25, 0.3) is 0 Å². The van der Waals surface area contributed by atoms with Crippen LogP contribution in [-0.2, 0) is 4.79 Å². The molecule has 0 aromatic heterocycles. The average Bonchev–Trinajstić information content (AvgIpc) is 2.04. The maximum Gasteiger partial charge on any atom is 0.207 e. The quantitative estimate of drug-likeness (QED) is 0.317. The summed E-state index contributed by atoms with van der Waals surface area (Å²) in [6.07, 6.45) is 0.303. The first-order valence-corrected chi connectivity index (χ1v) is 2.97. The summed E-state index contributed by atoms with van der Waals surface area (Å²) in [5.74, 6) is 0. The standard InChI is InChI=1S/C5H10N2O4/c8-2-5(3-9,1-7-11)6-4-10/h4,8-9H,1-3H2,(H,6,10). The number of hydrogen-bond donors (Lipinski definition) is 3. The highest BCUT2D eigenvalue weighted by Crippen LogP contribution is 2.01. The van der Waals surface area contributed by atoms with Crippen molar-refractivity contribution in [3.63, 3.8) is 0 Å². The lowest BCUT2D eigenvalue weighted by molar-refractivity contribution is -0.112. The minimum Gasteiger partial charge on any atom is -0.394 e. The third-order valence-corrected chi connectivity index (χ3v) is 1.34. The molecular formula is C5H10N2O4. The van der Waals surface area contributed by atoms with Gasteiger partial charge in [0.1, 0.15) is 12.1 Å². The topological polar surface area (TPSA) is 99.0 Å². The lowest BCUT2D eigenvalue weighted by Gasteiger charge is -2.25. The van der Waals surface area contributed by atoms with Crippen LogP contribution in [0.4, 0.5) is 0 Å². The van der Waals surface area contributed by atoms with Crippen LogP contribution in [0.15, 0.2) is 5.18 Å². The molecule has 0 saturated carbocycles. The number of nitrogens with zero attached hydrogens (tertiary/aromatic N) is 1. The summed E-state index contributed by atoms with van der Waals surface area (Å²) in [5, 5.41) is 21.9. The van der Waals surface area contributed by atoms with Gasteiger partial charge < -0.3 is 15.5 Å². The van der Waals surface area contributed by atoms with Crippen molar-refractivity contribution in [2.75, 3.05) is 19.8 Å². The zero-order chi connectivity index (χ0) is 8.74. The average molecular weight is 162 g/mol. The normalized spacial score (nSPS) is 10.7. The minimum absolute atomic E-state index is 0.303. The predicted molar refractivity (Wildman–Crippen MR) is 36.8 cm³/mol. The van der Waals surface area contributed by atoms with E-state index in [1.807, 2.05) is 0 Å². The van der Waals surface area contributed by atoms with E-state index in [1.165, 1.54) is 0 Å². The second-order valence-corrected chi connectivity index (χ2v) is 2.15. The van der Waals surface area contributed by atoms with Crippen LogP contribution in [0.1, 0.15) is 0 Å². The number of aliphatic hydroxyl groups is 2. The van der Waals surface area contributed by atoms with Gasteiger partial charge >= 0.3 is 0 Å². The molecule has 0 spiro atoms. The number of hydrogen-bond acceptors (Lipinski definition) is 5. The maximum absolute atomic E-state index is 9.94. The molecule has 0 fully saturated rings. The summed E-state index contributed by atoms with van der Waals surface area (Å²) in [4.78, 5) is 19.7. The summed E-state index contributed by atoms with van der Waals surface area (Å²) < 4.78 is 0. The monoisotopic (exact) mass is 162 g/mol. The predicted octanol–water partition coefficient (Wildman–Crippen LogP) is -1.78. The summed E-state index contributed by atoms with van der Waals surface area (Å²) >= 11 is 0. The van der Waals surface area contributed by atoms with E-state index >= 15 is 0 Å². The molecule has 0 aromatic carbocycles. The molecule has 0 saturated heterocycles. The van der Waals surface area contributed by atoms with Crippen molar-refractivity contribution >= 4 is 6.41 Å². The number of rotatable bonds is 6. The molecule has 0 aliphatic carbocycles. The molecule has 0 bridgehead atoms. The second kappa shape index (κ2) is 4.75. The van der Waals surface area contributed by atoms with Gasteiger partial charge in [0.25, 0.3) is 0 Å². The molecule has 6 heteroatoms. The molecule has 0 unspecified atom stereocenters. The van der Waals surface area contributed by atoms with E-state index in [4.69, 9.17) is 10.2 Å². The molecule has 3 N–H and O–H groups in total.